The molecule has 0 bridgehead atoms. The predicted octanol–water partition coefficient (Wildman–Crippen LogP) is 2.51. The standard InChI is InChI=1S/C11H18F3NO3S/c1-2-3-4-5-6-7-8-9-10(16)15-19(17,18)11(12,13)14/h2H,1,3-9H2,(H,15,16)/p-1. The first kappa shape index (κ1) is 17.9. The number of rotatable bonds is 9. The van der Waals surface area contributed by atoms with E-state index in [1.807, 2.05) is 0 Å². The molecule has 0 aliphatic heterocycles. The summed E-state index contributed by atoms with van der Waals surface area (Å²) < 4.78 is 59.1. The van der Waals surface area contributed by atoms with Crippen molar-refractivity contribution in [2.75, 3.05) is 0 Å². The van der Waals surface area contributed by atoms with E-state index in [-0.39, 0.29) is 6.42 Å². The lowest BCUT2D eigenvalue weighted by atomic mass is 10.1. The van der Waals surface area contributed by atoms with E-state index >= 15 is 0 Å². The first-order chi connectivity index (χ1) is 8.70. The van der Waals surface area contributed by atoms with Gasteiger partial charge in [-0.15, -0.1) is 6.58 Å². The summed E-state index contributed by atoms with van der Waals surface area (Å²) in [6.07, 6.45) is 6.17. The molecule has 0 aromatic heterocycles. The molecule has 0 saturated carbocycles. The molecule has 0 aliphatic carbocycles. The third-order valence-electron chi connectivity index (χ3n) is 2.31. The van der Waals surface area contributed by atoms with Crippen molar-refractivity contribution in [1.82, 2.24) is 0 Å². The number of unbranched alkanes of at least 4 members (excludes halogenated alkanes) is 5. The van der Waals surface area contributed by atoms with Crippen molar-refractivity contribution in [2.24, 2.45) is 4.40 Å². The molecule has 19 heavy (non-hydrogen) atoms. The molecule has 0 saturated heterocycles. The molecule has 0 amide bonds. The van der Waals surface area contributed by atoms with Gasteiger partial charge in [-0.05, 0) is 31.6 Å². The van der Waals surface area contributed by atoms with Crippen LogP contribution in [0, 0.1) is 0 Å². The molecule has 0 aromatic rings. The van der Waals surface area contributed by atoms with E-state index in [1.54, 1.807) is 6.08 Å². The van der Waals surface area contributed by atoms with Gasteiger partial charge >= 0.3 is 15.5 Å². The Bertz CT molecular complexity index is 402. The fraction of sp³-hybridized carbons (Fsp3) is 0.727. The first-order valence-corrected chi connectivity index (χ1v) is 7.32. The average molecular weight is 300 g/mol. The van der Waals surface area contributed by atoms with Crippen LogP contribution in [0.15, 0.2) is 17.1 Å². The number of alkyl halides is 3. The number of hydrogen-bond acceptors (Lipinski definition) is 3. The fourth-order valence-corrected chi connectivity index (χ4v) is 1.79. The zero-order valence-corrected chi connectivity index (χ0v) is 11.3. The van der Waals surface area contributed by atoms with E-state index in [2.05, 4.69) is 11.0 Å². The zero-order chi connectivity index (χ0) is 14.9. The van der Waals surface area contributed by atoms with E-state index in [1.165, 1.54) is 0 Å². The molecule has 0 rings (SSSR count). The highest BCUT2D eigenvalue weighted by Gasteiger charge is 2.45. The third-order valence-corrected chi connectivity index (χ3v) is 3.34. The molecule has 0 N–H and O–H groups in total. The van der Waals surface area contributed by atoms with Crippen LogP contribution >= 0.6 is 0 Å². The summed E-state index contributed by atoms with van der Waals surface area (Å²) in [5, 5.41) is 11.0. The SMILES string of the molecule is C=CCCCCCCC/C([O-])=N/S(=O)(=O)C(F)(F)F. The molecule has 0 heterocycles. The van der Waals surface area contributed by atoms with Crippen LogP contribution in [0.2, 0.25) is 0 Å². The second-order valence-corrected chi connectivity index (χ2v) is 5.60. The highest BCUT2D eigenvalue weighted by molar-refractivity contribution is 7.91. The smallest absolute Gasteiger partial charge is 0.518 e. The molecule has 0 aliphatic rings. The van der Waals surface area contributed by atoms with Crippen LogP contribution in [-0.4, -0.2) is 19.8 Å². The summed E-state index contributed by atoms with van der Waals surface area (Å²) in [5.41, 5.74) is -5.51. The third kappa shape index (κ3) is 7.86. The maximum atomic E-state index is 11.9. The zero-order valence-electron chi connectivity index (χ0n) is 10.4. The van der Waals surface area contributed by atoms with Gasteiger partial charge in [0.05, 0.1) is 0 Å². The van der Waals surface area contributed by atoms with Gasteiger partial charge in [0, 0.05) is 0 Å². The minimum Gasteiger partial charge on any atom is -0.861 e. The lowest BCUT2D eigenvalue weighted by Crippen LogP contribution is -2.26. The molecule has 0 radical (unpaired) electrons. The largest absolute Gasteiger partial charge is 0.861 e. The molecule has 8 heteroatoms. The molecular weight excluding hydrogens is 283 g/mol. The number of halogens is 3. The molecule has 0 atom stereocenters. The quantitative estimate of drug-likeness (QED) is 0.284. The van der Waals surface area contributed by atoms with Crippen molar-refractivity contribution in [3.63, 3.8) is 0 Å². The summed E-state index contributed by atoms with van der Waals surface area (Å²) in [5.74, 6) is -1.25. The van der Waals surface area contributed by atoms with Crippen molar-refractivity contribution >= 4 is 15.9 Å². The van der Waals surface area contributed by atoms with Gasteiger partial charge in [0.15, 0.2) is 0 Å². The van der Waals surface area contributed by atoms with E-state index in [9.17, 15) is 26.7 Å². The molecule has 0 spiro atoms. The Morgan fingerprint density at radius 1 is 1.16 bits per heavy atom. The fourth-order valence-electron chi connectivity index (χ4n) is 1.33. The van der Waals surface area contributed by atoms with Crippen molar-refractivity contribution in [1.29, 1.82) is 0 Å². The van der Waals surface area contributed by atoms with Crippen molar-refractivity contribution < 1.29 is 26.7 Å². The Labute approximate surface area is 111 Å². The van der Waals surface area contributed by atoms with Gasteiger partial charge in [-0.1, -0.05) is 25.3 Å². The summed E-state index contributed by atoms with van der Waals surface area (Å²) in [7, 11) is -5.69. The molecule has 0 aromatic carbocycles. The minimum absolute atomic E-state index is 0.281. The lowest BCUT2D eigenvalue weighted by molar-refractivity contribution is -0.218. The monoisotopic (exact) mass is 300 g/mol. The summed E-state index contributed by atoms with van der Waals surface area (Å²) in [6.45, 7) is 3.57. The summed E-state index contributed by atoms with van der Waals surface area (Å²) >= 11 is 0. The molecule has 0 fully saturated rings. The second kappa shape index (κ2) is 8.19. The topological polar surface area (TPSA) is 69.6 Å². The van der Waals surface area contributed by atoms with E-state index in [4.69, 9.17) is 0 Å². The van der Waals surface area contributed by atoms with Crippen LogP contribution < -0.4 is 5.11 Å². The van der Waals surface area contributed by atoms with Gasteiger partial charge in [-0.2, -0.15) is 26.0 Å². The Kier molecular flexibility index (Phi) is 7.73. The number of sulfonamides is 1. The Hall–Kier alpha value is -1.05. The van der Waals surface area contributed by atoms with Gasteiger partial charge in [0.1, 0.15) is 0 Å². The Balaban J connectivity index is 3.99. The van der Waals surface area contributed by atoms with Crippen LogP contribution in [0.25, 0.3) is 0 Å². The van der Waals surface area contributed by atoms with Gasteiger partial charge < -0.3 is 5.11 Å². The Morgan fingerprint density at radius 2 is 1.68 bits per heavy atom. The van der Waals surface area contributed by atoms with Crippen molar-refractivity contribution in [3.8, 4) is 0 Å². The summed E-state index contributed by atoms with van der Waals surface area (Å²) in [4.78, 5) is 0. The van der Waals surface area contributed by atoms with E-state index < -0.39 is 21.4 Å². The lowest BCUT2D eigenvalue weighted by Gasteiger charge is -2.11. The maximum absolute atomic E-state index is 11.9. The van der Waals surface area contributed by atoms with Crippen LogP contribution in [0.5, 0.6) is 0 Å². The number of hydrogen-bond donors (Lipinski definition) is 0. The first-order valence-electron chi connectivity index (χ1n) is 5.88. The van der Waals surface area contributed by atoms with Gasteiger partial charge in [0.2, 0.25) is 0 Å². The van der Waals surface area contributed by atoms with Gasteiger partial charge in [-0.25, -0.2) is 0 Å². The van der Waals surface area contributed by atoms with Crippen LogP contribution in [-0.2, 0) is 10.0 Å². The minimum atomic E-state index is -5.69. The molecular formula is C11H17F3NO3S-. The van der Waals surface area contributed by atoms with Crippen molar-refractivity contribution in [2.45, 2.75) is 50.5 Å². The second-order valence-electron chi connectivity index (χ2n) is 4.00. The van der Waals surface area contributed by atoms with Crippen LogP contribution in [0.4, 0.5) is 13.2 Å². The number of nitrogens with zero attached hydrogens (tertiary/aromatic N) is 1. The highest BCUT2D eigenvalue weighted by atomic mass is 32.2. The normalized spacial score (nSPS) is 13.5. The van der Waals surface area contributed by atoms with E-state index in [0.717, 1.165) is 25.7 Å². The predicted molar refractivity (Wildman–Crippen MR) is 64.9 cm³/mol. The Morgan fingerprint density at radius 3 is 2.21 bits per heavy atom. The van der Waals surface area contributed by atoms with Crippen LogP contribution in [0.3, 0.4) is 0 Å². The maximum Gasteiger partial charge on any atom is 0.518 e. The van der Waals surface area contributed by atoms with E-state index in [0.29, 0.717) is 12.8 Å². The average Bonchev–Trinajstić information content (AvgIpc) is 2.25. The number of allylic oxidation sites excluding steroid dienone is 1. The molecule has 0 unspecified atom stereocenters. The van der Waals surface area contributed by atoms with Crippen LogP contribution in [0.1, 0.15) is 44.9 Å². The highest BCUT2D eigenvalue weighted by Crippen LogP contribution is 2.24. The van der Waals surface area contributed by atoms with Crippen molar-refractivity contribution in [3.05, 3.63) is 12.7 Å². The molecule has 112 valence electrons. The molecule has 4 nitrogen and oxygen atoms in total. The summed E-state index contributed by atoms with van der Waals surface area (Å²) in [6, 6.07) is 0. The van der Waals surface area contributed by atoms with Gasteiger partial charge in [-0.3, -0.25) is 0 Å². The van der Waals surface area contributed by atoms with Gasteiger partial charge in [0.25, 0.3) is 0 Å².